The van der Waals surface area contributed by atoms with Crippen molar-refractivity contribution in [2.75, 3.05) is 5.32 Å². The van der Waals surface area contributed by atoms with Gasteiger partial charge in [-0.1, -0.05) is 0 Å². The molecule has 0 bridgehead atoms. The molecule has 14 heavy (non-hydrogen) atoms. The Morgan fingerprint density at radius 3 is 2.36 bits per heavy atom. The average Bonchev–Trinajstić information content (AvgIpc) is 2.32. The molecule has 76 valence electrons. The molecule has 0 fully saturated rings. The number of carboxylic acid groups (broad SMARTS) is 1. The first-order chi connectivity index (χ1) is 6.43. The lowest BCUT2D eigenvalue weighted by Crippen LogP contribution is -2.09. The van der Waals surface area contributed by atoms with E-state index in [0.717, 1.165) is 10.4 Å². The summed E-state index contributed by atoms with van der Waals surface area (Å²) in [7, 11) is 0. The van der Waals surface area contributed by atoms with Gasteiger partial charge in [0.05, 0.1) is 5.69 Å². The number of rotatable bonds is 2. The predicted octanol–water partition coefficient (Wildman–Crippen LogP) is 2.02. The molecule has 1 aromatic heterocycles. The van der Waals surface area contributed by atoms with E-state index in [0.29, 0.717) is 5.69 Å². The molecule has 0 aliphatic rings. The van der Waals surface area contributed by atoms with Gasteiger partial charge in [0.15, 0.2) is 0 Å². The summed E-state index contributed by atoms with van der Waals surface area (Å²) in [6.07, 6.45) is 0. The number of hydrogen-bond donors (Lipinski definition) is 2. The van der Waals surface area contributed by atoms with Crippen LogP contribution in [0.5, 0.6) is 0 Å². The molecule has 0 unspecified atom stereocenters. The molecular weight excluding hydrogens is 202 g/mol. The van der Waals surface area contributed by atoms with Gasteiger partial charge in [-0.25, -0.2) is 4.79 Å². The molecule has 1 amide bonds. The monoisotopic (exact) mass is 213 g/mol. The lowest BCUT2D eigenvalue weighted by Gasteiger charge is -2.02. The lowest BCUT2D eigenvalue weighted by molar-refractivity contribution is -0.114. The molecule has 0 aliphatic carbocycles. The van der Waals surface area contributed by atoms with Gasteiger partial charge in [0, 0.05) is 11.8 Å². The summed E-state index contributed by atoms with van der Waals surface area (Å²) < 4.78 is 0. The van der Waals surface area contributed by atoms with E-state index >= 15 is 0 Å². The van der Waals surface area contributed by atoms with Gasteiger partial charge < -0.3 is 10.4 Å². The summed E-state index contributed by atoms with van der Waals surface area (Å²) >= 11 is 1.18. The van der Waals surface area contributed by atoms with Crippen LogP contribution in [0, 0.1) is 13.8 Å². The highest BCUT2D eigenvalue weighted by molar-refractivity contribution is 7.14. The molecule has 1 rings (SSSR count). The Bertz CT molecular complexity index is 395. The van der Waals surface area contributed by atoms with E-state index < -0.39 is 5.97 Å². The van der Waals surface area contributed by atoms with Gasteiger partial charge in [-0.15, -0.1) is 11.3 Å². The van der Waals surface area contributed by atoms with Crippen LogP contribution in [0.2, 0.25) is 0 Å². The zero-order valence-corrected chi connectivity index (χ0v) is 8.99. The fraction of sp³-hybridized carbons (Fsp3) is 0.333. The third kappa shape index (κ3) is 1.93. The quantitative estimate of drug-likeness (QED) is 0.789. The minimum Gasteiger partial charge on any atom is -0.477 e. The number of carbonyl (C=O) groups is 2. The summed E-state index contributed by atoms with van der Waals surface area (Å²) in [6, 6.07) is 0. The molecule has 0 saturated heterocycles. The van der Waals surface area contributed by atoms with Crippen LogP contribution in [0.1, 0.15) is 27.0 Å². The highest BCUT2D eigenvalue weighted by Crippen LogP contribution is 2.32. The largest absolute Gasteiger partial charge is 0.477 e. The second kappa shape index (κ2) is 3.79. The molecule has 0 radical (unpaired) electrons. The third-order valence-electron chi connectivity index (χ3n) is 1.88. The Labute approximate surface area is 85.6 Å². The van der Waals surface area contributed by atoms with E-state index in [1.54, 1.807) is 6.92 Å². The van der Waals surface area contributed by atoms with Crippen LogP contribution in [-0.4, -0.2) is 17.0 Å². The van der Waals surface area contributed by atoms with E-state index in [1.165, 1.54) is 18.3 Å². The van der Waals surface area contributed by atoms with Crippen molar-refractivity contribution in [3.05, 3.63) is 15.3 Å². The van der Waals surface area contributed by atoms with Crippen LogP contribution < -0.4 is 5.32 Å². The maximum atomic E-state index is 10.9. The topological polar surface area (TPSA) is 66.4 Å². The SMILES string of the molecule is CC(=O)Nc1c(C(=O)O)sc(C)c1C. The second-order valence-corrected chi connectivity index (χ2v) is 4.20. The third-order valence-corrected chi connectivity index (χ3v) is 3.08. The van der Waals surface area contributed by atoms with Crippen LogP contribution in [0.3, 0.4) is 0 Å². The molecule has 0 atom stereocenters. The van der Waals surface area contributed by atoms with Crippen LogP contribution in [-0.2, 0) is 4.79 Å². The van der Waals surface area contributed by atoms with E-state index in [2.05, 4.69) is 5.32 Å². The normalized spacial score (nSPS) is 9.93. The Hall–Kier alpha value is -1.36. The fourth-order valence-corrected chi connectivity index (χ4v) is 2.06. The summed E-state index contributed by atoms with van der Waals surface area (Å²) in [5.74, 6) is -1.26. The zero-order chi connectivity index (χ0) is 10.9. The van der Waals surface area contributed by atoms with Gasteiger partial charge in [0.1, 0.15) is 4.88 Å². The number of anilines is 1. The molecular formula is C9H11NO3S. The van der Waals surface area contributed by atoms with Crippen molar-refractivity contribution in [1.82, 2.24) is 0 Å². The van der Waals surface area contributed by atoms with Crippen molar-refractivity contribution in [2.45, 2.75) is 20.8 Å². The smallest absolute Gasteiger partial charge is 0.348 e. The number of carboxylic acids is 1. The highest BCUT2D eigenvalue weighted by atomic mass is 32.1. The summed E-state index contributed by atoms with van der Waals surface area (Å²) in [5.41, 5.74) is 1.25. The molecule has 0 spiro atoms. The maximum absolute atomic E-state index is 10.9. The van der Waals surface area contributed by atoms with E-state index in [-0.39, 0.29) is 10.8 Å². The first-order valence-corrected chi connectivity index (χ1v) is 4.86. The van der Waals surface area contributed by atoms with Crippen molar-refractivity contribution in [3.8, 4) is 0 Å². The molecule has 4 nitrogen and oxygen atoms in total. The number of aromatic carboxylic acids is 1. The van der Waals surface area contributed by atoms with Crippen molar-refractivity contribution in [2.24, 2.45) is 0 Å². The Balaban J connectivity index is 3.23. The zero-order valence-electron chi connectivity index (χ0n) is 8.17. The molecule has 1 heterocycles. The number of thiophene rings is 1. The number of aryl methyl sites for hydroxylation is 1. The molecule has 0 saturated carbocycles. The van der Waals surface area contributed by atoms with Gasteiger partial charge in [0.25, 0.3) is 0 Å². The predicted molar refractivity (Wildman–Crippen MR) is 55.1 cm³/mol. The number of amides is 1. The van der Waals surface area contributed by atoms with Crippen LogP contribution in [0.25, 0.3) is 0 Å². The second-order valence-electron chi connectivity index (χ2n) is 2.97. The summed E-state index contributed by atoms with van der Waals surface area (Å²) in [5, 5.41) is 11.4. The van der Waals surface area contributed by atoms with Gasteiger partial charge in [-0.05, 0) is 19.4 Å². The Morgan fingerprint density at radius 2 is 1.93 bits per heavy atom. The van der Waals surface area contributed by atoms with Crippen LogP contribution >= 0.6 is 11.3 Å². The van der Waals surface area contributed by atoms with Gasteiger partial charge in [-0.2, -0.15) is 0 Å². The number of nitrogens with one attached hydrogen (secondary N) is 1. The van der Waals surface area contributed by atoms with Gasteiger partial charge in [-0.3, -0.25) is 4.79 Å². The van der Waals surface area contributed by atoms with E-state index in [4.69, 9.17) is 5.11 Å². The minimum absolute atomic E-state index is 0.190. The van der Waals surface area contributed by atoms with Crippen LogP contribution in [0.4, 0.5) is 5.69 Å². The molecule has 0 aliphatic heterocycles. The van der Waals surface area contributed by atoms with Crippen molar-refractivity contribution in [1.29, 1.82) is 0 Å². The summed E-state index contributed by atoms with van der Waals surface area (Å²) in [4.78, 5) is 22.8. The molecule has 5 heteroatoms. The minimum atomic E-state index is -1.00. The van der Waals surface area contributed by atoms with Crippen LogP contribution in [0.15, 0.2) is 0 Å². The first kappa shape index (κ1) is 10.7. The Morgan fingerprint density at radius 1 is 1.36 bits per heavy atom. The Kier molecular flexibility index (Phi) is 2.90. The first-order valence-electron chi connectivity index (χ1n) is 4.04. The van der Waals surface area contributed by atoms with Crippen molar-refractivity contribution in [3.63, 3.8) is 0 Å². The van der Waals surface area contributed by atoms with E-state index in [9.17, 15) is 9.59 Å². The molecule has 0 aromatic carbocycles. The molecule has 1 aromatic rings. The number of carbonyl (C=O) groups excluding carboxylic acids is 1. The number of hydrogen-bond acceptors (Lipinski definition) is 3. The van der Waals surface area contributed by atoms with Crippen molar-refractivity contribution >= 4 is 28.9 Å². The maximum Gasteiger partial charge on any atom is 0.348 e. The standard InChI is InChI=1S/C9H11NO3S/c1-4-5(2)14-8(9(12)13)7(4)10-6(3)11/h1-3H3,(H,10,11)(H,12,13). The molecule has 2 N–H and O–H groups in total. The lowest BCUT2D eigenvalue weighted by atomic mass is 10.2. The highest BCUT2D eigenvalue weighted by Gasteiger charge is 2.18. The van der Waals surface area contributed by atoms with Gasteiger partial charge in [0.2, 0.25) is 5.91 Å². The van der Waals surface area contributed by atoms with Gasteiger partial charge >= 0.3 is 5.97 Å². The van der Waals surface area contributed by atoms with Crippen molar-refractivity contribution < 1.29 is 14.7 Å². The fourth-order valence-electron chi connectivity index (χ4n) is 1.10. The average molecular weight is 213 g/mol. The van der Waals surface area contributed by atoms with E-state index in [1.807, 2.05) is 6.92 Å². The summed E-state index contributed by atoms with van der Waals surface area (Å²) in [6.45, 7) is 4.99.